The fourth-order valence-electron chi connectivity index (χ4n) is 1.48. The van der Waals surface area contributed by atoms with E-state index in [4.69, 9.17) is 10.5 Å². The Labute approximate surface area is 60.5 Å². The van der Waals surface area contributed by atoms with Crippen LogP contribution >= 0.6 is 0 Å². The highest BCUT2D eigenvalue weighted by molar-refractivity contribution is 5.66. The number of hydrogen-bond acceptors (Lipinski definition) is 3. The molecule has 0 amide bonds. The van der Waals surface area contributed by atoms with Crippen LogP contribution in [0.15, 0.2) is 0 Å². The predicted molar refractivity (Wildman–Crippen MR) is 37.4 cm³/mol. The molecule has 0 atom stereocenters. The molecule has 0 aromatic rings. The Morgan fingerprint density at radius 1 is 1.70 bits per heavy atom. The van der Waals surface area contributed by atoms with Gasteiger partial charge in [-0.05, 0) is 6.92 Å². The fourth-order valence-corrected chi connectivity index (χ4v) is 1.48. The Bertz CT molecular complexity index is 150. The molecule has 1 aliphatic carbocycles. The SMILES string of the molecule is CC(=O)OC1(C)CC(N)C1. The van der Waals surface area contributed by atoms with Crippen LogP contribution in [0.3, 0.4) is 0 Å². The van der Waals surface area contributed by atoms with Gasteiger partial charge in [0.15, 0.2) is 0 Å². The summed E-state index contributed by atoms with van der Waals surface area (Å²) in [5.74, 6) is -0.214. The largest absolute Gasteiger partial charge is 0.459 e. The summed E-state index contributed by atoms with van der Waals surface area (Å²) >= 11 is 0. The number of nitrogens with two attached hydrogens (primary N) is 1. The first kappa shape index (κ1) is 7.54. The molecule has 0 saturated heterocycles. The van der Waals surface area contributed by atoms with E-state index in [1.54, 1.807) is 0 Å². The molecule has 10 heavy (non-hydrogen) atoms. The second-order valence-electron chi connectivity index (χ2n) is 3.21. The summed E-state index contributed by atoms with van der Waals surface area (Å²) in [6, 6.07) is 0.226. The van der Waals surface area contributed by atoms with Crippen molar-refractivity contribution in [1.82, 2.24) is 0 Å². The van der Waals surface area contributed by atoms with E-state index in [1.807, 2.05) is 6.92 Å². The lowest BCUT2D eigenvalue weighted by Gasteiger charge is -2.42. The van der Waals surface area contributed by atoms with Crippen LogP contribution in [0.1, 0.15) is 26.7 Å². The number of rotatable bonds is 1. The molecular formula is C7H13NO2. The van der Waals surface area contributed by atoms with E-state index in [9.17, 15) is 4.79 Å². The van der Waals surface area contributed by atoms with Gasteiger partial charge in [0.05, 0.1) is 0 Å². The summed E-state index contributed by atoms with van der Waals surface area (Å²) in [5, 5.41) is 0. The molecule has 3 nitrogen and oxygen atoms in total. The van der Waals surface area contributed by atoms with Gasteiger partial charge in [0.25, 0.3) is 0 Å². The first-order valence-electron chi connectivity index (χ1n) is 3.47. The molecule has 2 N–H and O–H groups in total. The van der Waals surface area contributed by atoms with Crippen molar-refractivity contribution in [3.63, 3.8) is 0 Å². The number of esters is 1. The van der Waals surface area contributed by atoms with Gasteiger partial charge in [0.1, 0.15) is 5.60 Å². The van der Waals surface area contributed by atoms with Crippen molar-refractivity contribution < 1.29 is 9.53 Å². The standard InChI is InChI=1S/C7H13NO2/c1-5(9)10-7(2)3-6(8)4-7/h6H,3-4,8H2,1-2H3. The van der Waals surface area contributed by atoms with E-state index in [0.717, 1.165) is 12.8 Å². The van der Waals surface area contributed by atoms with Gasteiger partial charge in [0.2, 0.25) is 0 Å². The third kappa shape index (κ3) is 1.48. The van der Waals surface area contributed by atoms with Gasteiger partial charge in [0, 0.05) is 25.8 Å². The number of carbonyl (C=O) groups excluding carboxylic acids is 1. The smallest absolute Gasteiger partial charge is 0.303 e. The molecule has 0 aliphatic heterocycles. The number of carbonyl (C=O) groups is 1. The minimum Gasteiger partial charge on any atom is -0.459 e. The van der Waals surface area contributed by atoms with Crippen molar-refractivity contribution in [3.8, 4) is 0 Å². The Kier molecular flexibility index (Phi) is 1.68. The molecule has 3 heteroatoms. The average Bonchev–Trinajstić information content (AvgIpc) is 1.57. The summed E-state index contributed by atoms with van der Waals surface area (Å²) in [7, 11) is 0. The highest BCUT2D eigenvalue weighted by atomic mass is 16.6. The van der Waals surface area contributed by atoms with Crippen LogP contribution in [0.5, 0.6) is 0 Å². The van der Waals surface area contributed by atoms with Crippen LogP contribution in [-0.4, -0.2) is 17.6 Å². The van der Waals surface area contributed by atoms with Crippen LogP contribution < -0.4 is 5.73 Å². The summed E-state index contributed by atoms with van der Waals surface area (Å²) < 4.78 is 5.03. The molecule has 0 radical (unpaired) electrons. The minimum atomic E-state index is -0.259. The summed E-state index contributed by atoms with van der Waals surface area (Å²) in [6.07, 6.45) is 1.60. The molecule has 1 saturated carbocycles. The molecule has 58 valence electrons. The number of hydrogen-bond donors (Lipinski definition) is 1. The van der Waals surface area contributed by atoms with E-state index in [1.165, 1.54) is 6.92 Å². The summed E-state index contributed by atoms with van der Waals surface area (Å²) in [6.45, 7) is 3.34. The molecule has 1 fully saturated rings. The quantitative estimate of drug-likeness (QED) is 0.541. The fraction of sp³-hybridized carbons (Fsp3) is 0.857. The van der Waals surface area contributed by atoms with Crippen LogP contribution in [0, 0.1) is 0 Å². The number of ether oxygens (including phenoxy) is 1. The minimum absolute atomic E-state index is 0.214. The molecule has 0 heterocycles. The van der Waals surface area contributed by atoms with Crippen molar-refractivity contribution in [2.24, 2.45) is 5.73 Å². The molecule has 0 unspecified atom stereocenters. The monoisotopic (exact) mass is 143 g/mol. The zero-order chi connectivity index (χ0) is 7.78. The molecular weight excluding hydrogens is 130 g/mol. The van der Waals surface area contributed by atoms with Crippen LogP contribution in [0.4, 0.5) is 0 Å². The van der Waals surface area contributed by atoms with Gasteiger partial charge < -0.3 is 10.5 Å². The van der Waals surface area contributed by atoms with Crippen LogP contribution in [-0.2, 0) is 9.53 Å². The van der Waals surface area contributed by atoms with Crippen LogP contribution in [0.25, 0.3) is 0 Å². The van der Waals surface area contributed by atoms with Crippen LogP contribution in [0.2, 0.25) is 0 Å². The first-order chi connectivity index (χ1) is 4.52. The zero-order valence-corrected chi connectivity index (χ0v) is 6.39. The second kappa shape index (κ2) is 2.23. The van der Waals surface area contributed by atoms with Gasteiger partial charge in [-0.15, -0.1) is 0 Å². The van der Waals surface area contributed by atoms with Crippen molar-refractivity contribution in [1.29, 1.82) is 0 Å². The maximum absolute atomic E-state index is 10.5. The molecule has 0 aromatic heterocycles. The van der Waals surface area contributed by atoms with Gasteiger partial charge in [-0.1, -0.05) is 0 Å². The Hall–Kier alpha value is -0.570. The maximum atomic E-state index is 10.5. The Morgan fingerprint density at radius 3 is 2.50 bits per heavy atom. The van der Waals surface area contributed by atoms with Crippen molar-refractivity contribution >= 4 is 5.97 Å². The van der Waals surface area contributed by atoms with E-state index in [-0.39, 0.29) is 17.6 Å². The van der Waals surface area contributed by atoms with Crippen molar-refractivity contribution in [3.05, 3.63) is 0 Å². The third-order valence-electron chi connectivity index (χ3n) is 1.78. The van der Waals surface area contributed by atoms with E-state index >= 15 is 0 Å². The maximum Gasteiger partial charge on any atom is 0.303 e. The zero-order valence-electron chi connectivity index (χ0n) is 6.39. The summed E-state index contributed by atoms with van der Waals surface area (Å²) in [5.41, 5.74) is 5.28. The average molecular weight is 143 g/mol. The predicted octanol–water partition coefficient (Wildman–Crippen LogP) is 0.429. The molecule has 0 bridgehead atoms. The Morgan fingerprint density at radius 2 is 2.20 bits per heavy atom. The van der Waals surface area contributed by atoms with Gasteiger partial charge in [-0.25, -0.2) is 0 Å². The lowest BCUT2D eigenvalue weighted by atomic mass is 9.77. The highest BCUT2D eigenvalue weighted by Gasteiger charge is 2.40. The van der Waals surface area contributed by atoms with Crippen molar-refractivity contribution in [2.75, 3.05) is 0 Å². The molecule has 1 rings (SSSR count). The van der Waals surface area contributed by atoms with Crippen molar-refractivity contribution in [2.45, 2.75) is 38.3 Å². The van der Waals surface area contributed by atoms with Gasteiger partial charge in [-0.3, -0.25) is 4.79 Å². The van der Waals surface area contributed by atoms with E-state index in [2.05, 4.69) is 0 Å². The first-order valence-corrected chi connectivity index (χ1v) is 3.47. The second-order valence-corrected chi connectivity index (χ2v) is 3.21. The normalized spacial score (nSPS) is 38.5. The highest BCUT2D eigenvalue weighted by Crippen LogP contribution is 2.33. The van der Waals surface area contributed by atoms with E-state index < -0.39 is 0 Å². The topological polar surface area (TPSA) is 52.3 Å². The van der Waals surface area contributed by atoms with E-state index in [0.29, 0.717) is 0 Å². The van der Waals surface area contributed by atoms with Gasteiger partial charge >= 0.3 is 5.97 Å². The molecule has 0 aromatic carbocycles. The Balaban J connectivity index is 2.34. The lowest BCUT2D eigenvalue weighted by Crippen LogP contribution is -2.51. The molecule has 0 spiro atoms. The molecule has 1 aliphatic rings. The summed E-state index contributed by atoms with van der Waals surface area (Å²) in [4.78, 5) is 10.5. The third-order valence-corrected chi connectivity index (χ3v) is 1.78. The van der Waals surface area contributed by atoms with Gasteiger partial charge in [-0.2, -0.15) is 0 Å². The lowest BCUT2D eigenvalue weighted by molar-refractivity contribution is -0.165.